The van der Waals surface area contributed by atoms with Gasteiger partial charge in [-0.25, -0.2) is 4.39 Å². The van der Waals surface area contributed by atoms with Crippen molar-refractivity contribution in [2.45, 2.75) is 31.8 Å². The quantitative estimate of drug-likeness (QED) is 0.866. The molecule has 0 bridgehead atoms. The summed E-state index contributed by atoms with van der Waals surface area (Å²) >= 11 is 5.97. The van der Waals surface area contributed by atoms with E-state index in [4.69, 9.17) is 11.6 Å². The molecule has 0 heterocycles. The van der Waals surface area contributed by atoms with Crippen molar-refractivity contribution in [3.05, 3.63) is 70.5 Å². The highest BCUT2D eigenvalue weighted by Crippen LogP contribution is 2.28. The molecule has 1 nitrogen and oxygen atoms in total. The summed E-state index contributed by atoms with van der Waals surface area (Å²) in [5.74, 6) is -0.442. The Labute approximate surface area is 124 Å². The fourth-order valence-corrected chi connectivity index (χ4v) is 2.52. The zero-order valence-electron chi connectivity index (χ0n) is 11.4. The lowest BCUT2D eigenvalue weighted by Gasteiger charge is -2.27. The Morgan fingerprint density at radius 2 is 1.75 bits per heavy atom. The summed E-state index contributed by atoms with van der Waals surface area (Å²) in [7, 11) is 0. The second-order valence-corrected chi connectivity index (χ2v) is 5.51. The summed E-state index contributed by atoms with van der Waals surface area (Å²) in [5, 5.41) is 10.9. The number of benzene rings is 2. The summed E-state index contributed by atoms with van der Waals surface area (Å²) in [6.07, 6.45) is 1.45. The molecule has 0 saturated heterocycles. The molecule has 1 unspecified atom stereocenters. The van der Waals surface area contributed by atoms with Crippen molar-refractivity contribution in [3.63, 3.8) is 0 Å². The molecule has 0 aliphatic heterocycles. The Balaban J connectivity index is 2.21. The average molecular weight is 293 g/mol. The largest absolute Gasteiger partial charge is 0.389 e. The van der Waals surface area contributed by atoms with Gasteiger partial charge in [0.2, 0.25) is 0 Å². The SMILES string of the molecule is CCC(O)(Cc1ccccc1)Cc1cccc(F)c1Cl. The maximum absolute atomic E-state index is 13.5. The van der Waals surface area contributed by atoms with Crippen molar-refractivity contribution in [2.24, 2.45) is 0 Å². The molecule has 2 rings (SSSR count). The Hall–Kier alpha value is -1.38. The monoisotopic (exact) mass is 292 g/mol. The molecule has 2 aromatic carbocycles. The van der Waals surface area contributed by atoms with Crippen molar-refractivity contribution < 1.29 is 9.50 Å². The van der Waals surface area contributed by atoms with Gasteiger partial charge in [0.1, 0.15) is 5.82 Å². The highest BCUT2D eigenvalue weighted by Gasteiger charge is 2.27. The Morgan fingerprint density at radius 1 is 1.05 bits per heavy atom. The van der Waals surface area contributed by atoms with Crippen molar-refractivity contribution in [1.29, 1.82) is 0 Å². The van der Waals surface area contributed by atoms with Crippen molar-refractivity contribution in [3.8, 4) is 0 Å². The van der Waals surface area contributed by atoms with Crippen molar-refractivity contribution >= 4 is 11.6 Å². The lowest BCUT2D eigenvalue weighted by molar-refractivity contribution is 0.0368. The number of aliphatic hydroxyl groups is 1. The lowest BCUT2D eigenvalue weighted by Crippen LogP contribution is -2.33. The summed E-state index contributed by atoms with van der Waals surface area (Å²) in [4.78, 5) is 0. The van der Waals surface area contributed by atoms with Gasteiger partial charge in [0.15, 0.2) is 0 Å². The third kappa shape index (κ3) is 3.59. The van der Waals surface area contributed by atoms with E-state index in [0.29, 0.717) is 24.8 Å². The minimum atomic E-state index is -0.918. The molecule has 0 aliphatic rings. The molecular formula is C17H18ClFO. The van der Waals surface area contributed by atoms with Gasteiger partial charge in [-0.15, -0.1) is 0 Å². The van der Waals surface area contributed by atoms with Crippen LogP contribution in [0.4, 0.5) is 4.39 Å². The molecule has 3 heteroatoms. The summed E-state index contributed by atoms with van der Waals surface area (Å²) < 4.78 is 13.5. The number of halogens is 2. The zero-order chi connectivity index (χ0) is 14.6. The van der Waals surface area contributed by atoms with E-state index >= 15 is 0 Å². The number of hydrogen-bond donors (Lipinski definition) is 1. The van der Waals surface area contributed by atoms with E-state index in [2.05, 4.69) is 0 Å². The standard InChI is InChI=1S/C17H18ClFO/c1-2-17(20,11-13-7-4-3-5-8-13)12-14-9-6-10-15(19)16(14)18/h3-10,20H,2,11-12H2,1H3. The molecule has 0 saturated carbocycles. The van der Waals surface area contributed by atoms with Crippen molar-refractivity contribution in [2.75, 3.05) is 0 Å². The molecule has 2 aromatic rings. The van der Waals surface area contributed by atoms with E-state index in [9.17, 15) is 9.50 Å². The minimum absolute atomic E-state index is 0.104. The molecule has 0 radical (unpaired) electrons. The summed E-state index contributed by atoms with van der Waals surface area (Å²) in [5.41, 5.74) is 0.787. The van der Waals surface area contributed by atoms with Gasteiger partial charge in [-0.2, -0.15) is 0 Å². The highest BCUT2D eigenvalue weighted by molar-refractivity contribution is 6.31. The van der Waals surface area contributed by atoms with Crippen LogP contribution in [0.5, 0.6) is 0 Å². The van der Waals surface area contributed by atoms with Crippen LogP contribution in [0.3, 0.4) is 0 Å². The topological polar surface area (TPSA) is 20.2 Å². The molecule has 106 valence electrons. The molecule has 1 N–H and O–H groups in total. The fourth-order valence-electron chi connectivity index (χ4n) is 2.33. The maximum Gasteiger partial charge on any atom is 0.142 e. The van der Waals surface area contributed by atoms with Crippen LogP contribution in [-0.2, 0) is 12.8 Å². The summed E-state index contributed by atoms with van der Waals surface area (Å²) in [6, 6.07) is 14.5. The second-order valence-electron chi connectivity index (χ2n) is 5.13. The van der Waals surface area contributed by atoms with Gasteiger partial charge in [0, 0.05) is 12.8 Å². The van der Waals surface area contributed by atoms with Crippen molar-refractivity contribution in [1.82, 2.24) is 0 Å². The predicted octanol–water partition coefficient (Wildman–Crippen LogP) is 4.41. The van der Waals surface area contributed by atoms with Crippen LogP contribution in [0.1, 0.15) is 24.5 Å². The van der Waals surface area contributed by atoms with Gasteiger partial charge in [0.05, 0.1) is 10.6 Å². The van der Waals surface area contributed by atoms with E-state index in [1.807, 2.05) is 37.3 Å². The van der Waals surface area contributed by atoms with E-state index in [-0.39, 0.29) is 5.02 Å². The van der Waals surface area contributed by atoms with E-state index in [1.165, 1.54) is 6.07 Å². The lowest BCUT2D eigenvalue weighted by atomic mass is 9.86. The van der Waals surface area contributed by atoms with Crippen LogP contribution in [-0.4, -0.2) is 10.7 Å². The molecule has 0 aromatic heterocycles. The van der Waals surface area contributed by atoms with Crippen LogP contribution in [0.15, 0.2) is 48.5 Å². The van der Waals surface area contributed by atoms with Gasteiger partial charge in [-0.3, -0.25) is 0 Å². The van der Waals surface area contributed by atoms with Gasteiger partial charge < -0.3 is 5.11 Å². The first-order valence-electron chi connectivity index (χ1n) is 6.73. The normalized spacial score (nSPS) is 14.0. The number of rotatable bonds is 5. The van der Waals surface area contributed by atoms with Gasteiger partial charge in [-0.1, -0.05) is 61.0 Å². The first-order chi connectivity index (χ1) is 9.54. The molecule has 1 atom stereocenters. The Kier molecular flexibility index (Phi) is 4.79. The van der Waals surface area contributed by atoms with Crippen LogP contribution >= 0.6 is 11.6 Å². The molecule has 0 spiro atoms. The highest BCUT2D eigenvalue weighted by atomic mass is 35.5. The van der Waals surface area contributed by atoms with Gasteiger partial charge >= 0.3 is 0 Å². The van der Waals surface area contributed by atoms with Crippen LogP contribution in [0, 0.1) is 5.82 Å². The van der Waals surface area contributed by atoms with E-state index in [0.717, 1.165) is 5.56 Å². The fraction of sp³-hybridized carbons (Fsp3) is 0.294. The molecule has 20 heavy (non-hydrogen) atoms. The maximum atomic E-state index is 13.5. The third-order valence-electron chi connectivity index (χ3n) is 3.59. The molecule has 0 aliphatic carbocycles. The Morgan fingerprint density at radius 3 is 2.40 bits per heavy atom. The predicted molar refractivity (Wildman–Crippen MR) is 80.5 cm³/mol. The first-order valence-corrected chi connectivity index (χ1v) is 7.11. The minimum Gasteiger partial charge on any atom is -0.389 e. The first kappa shape index (κ1) is 15.0. The van der Waals surface area contributed by atoms with E-state index < -0.39 is 11.4 Å². The average Bonchev–Trinajstić information content (AvgIpc) is 2.45. The van der Waals surface area contributed by atoms with Crippen LogP contribution in [0.25, 0.3) is 0 Å². The van der Waals surface area contributed by atoms with E-state index in [1.54, 1.807) is 12.1 Å². The van der Waals surface area contributed by atoms with Gasteiger partial charge in [0.25, 0.3) is 0 Å². The smallest absolute Gasteiger partial charge is 0.142 e. The zero-order valence-corrected chi connectivity index (χ0v) is 12.2. The van der Waals surface area contributed by atoms with Gasteiger partial charge in [-0.05, 0) is 23.6 Å². The van der Waals surface area contributed by atoms with Crippen LogP contribution in [0.2, 0.25) is 5.02 Å². The summed E-state index contributed by atoms with van der Waals surface area (Å²) in [6.45, 7) is 1.93. The second kappa shape index (κ2) is 6.38. The molecular weight excluding hydrogens is 275 g/mol. The molecule has 0 fully saturated rings. The third-order valence-corrected chi connectivity index (χ3v) is 4.01. The Bertz CT molecular complexity index is 570. The molecule has 0 amide bonds. The van der Waals surface area contributed by atoms with Crippen LogP contribution < -0.4 is 0 Å². The number of hydrogen-bond acceptors (Lipinski definition) is 1.